The van der Waals surface area contributed by atoms with Crippen LogP contribution >= 0.6 is 0 Å². The number of hydrogen-bond acceptors (Lipinski definition) is 3. The zero-order valence-electron chi connectivity index (χ0n) is 15.6. The van der Waals surface area contributed by atoms with Gasteiger partial charge < -0.3 is 4.57 Å². The van der Waals surface area contributed by atoms with Crippen LogP contribution < -0.4 is 11.2 Å². The molecule has 0 unspecified atom stereocenters. The van der Waals surface area contributed by atoms with Gasteiger partial charge in [-0.3, -0.25) is 9.36 Å². The van der Waals surface area contributed by atoms with Gasteiger partial charge in [0.05, 0.1) is 12.0 Å². The van der Waals surface area contributed by atoms with Crippen molar-refractivity contribution in [2.45, 2.75) is 32.4 Å². The zero-order valence-corrected chi connectivity index (χ0v) is 15.6. The molecule has 0 amide bonds. The van der Waals surface area contributed by atoms with Crippen molar-refractivity contribution < 1.29 is 0 Å². The summed E-state index contributed by atoms with van der Waals surface area (Å²) in [5.74, 6) is 0. The average molecular weight is 372 g/mol. The van der Waals surface area contributed by atoms with Gasteiger partial charge in [0.1, 0.15) is 0 Å². The van der Waals surface area contributed by atoms with E-state index in [1.807, 2.05) is 66.1 Å². The van der Waals surface area contributed by atoms with Crippen LogP contribution in [-0.2, 0) is 6.54 Å². The summed E-state index contributed by atoms with van der Waals surface area (Å²) in [5, 5.41) is 0. The van der Waals surface area contributed by atoms with Crippen molar-refractivity contribution in [3.8, 4) is 5.69 Å². The second-order valence-electron chi connectivity index (χ2n) is 7.34. The second kappa shape index (κ2) is 6.34. The lowest BCUT2D eigenvalue weighted by molar-refractivity contribution is 0.638. The van der Waals surface area contributed by atoms with E-state index in [1.54, 1.807) is 10.9 Å². The van der Waals surface area contributed by atoms with E-state index in [0.29, 0.717) is 17.7 Å². The molecule has 1 aliphatic carbocycles. The Morgan fingerprint density at radius 2 is 1.71 bits per heavy atom. The minimum Gasteiger partial charge on any atom is -0.320 e. The fourth-order valence-electron chi connectivity index (χ4n) is 3.74. The lowest BCUT2D eigenvalue weighted by atomic mass is 10.2. The molecular weight excluding hydrogens is 352 g/mol. The molecular formula is C22H20N4O2. The number of nitrogens with zero attached hydrogens (tertiary/aromatic N) is 4. The summed E-state index contributed by atoms with van der Waals surface area (Å²) >= 11 is 0. The second-order valence-corrected chi connectivity index (χ2v) is 7.34. The van der Waals surface area contributed by atoms with Gasteiger partial charge in [0, 0.05) is 12.6 Å². The largest absolute Gasteiger partial charge is 0.337 e. The number of hydrogen-bond donors (Lipinski definition) is 0. The molecule has 1 aliphatic rings. The number of rotatable bonds is 4. The molecule has 28 heavy (non-hydrogen) atoms. The molecule has 1 saturated carbocycles. The SMILES string of the molecule is Cc1ccccc1-n1c(=O)n(C2CC2)c(=O)c2c1ncn2Cc1ccccc1. The third-order valence-corrected chi connectivity index (χ3v) is 5.31. The molecule has 2 heterocycles. The first-order valence-electron chi connectivity index (χ1n) is 9.47. The highest BCUT2D eigenvalue weighted by atomic mass is 16.2. The standard InChI is InChI=1S/C22H20N4O2/c1-15-7-5-6-10-18(15)26-20-19(21(27)25(22(26)28)17-11-12-17)24(14-23-20)13-16-8-3-2-4-9-16/h2-10,14,17H,11-13H2,1H3. The van der Waals surface area contributed by atoms with Gasteiger partial charge >= 0.3 is 5.69 Å². The van der Waals surface area contributed by atoms with Gasteiger partial charge in [0.25, 0.3) is 5.56 Å². The van der Waals surface area contributed by atoms with Crippen LogP contribution in [0.2, 0.25) is 0 Å². The first kappa shape index (κ1) is 16.7. The lowest BCUT2D eigenvalue weighted by Crippen LogP contribution is -2.39. The van der Waals surface area contributed by atoms with Crippen molar-refractivity contribution in [3.05, 3.63) is 92.9 Å². The molecule has 5 rings (SSSR count). The molecule has 0 spiro atoms. The molecule has 0 radical (unpaired) electrons. The number of fused-ring (bicyclic) bond motifs is 1. The number of para-hydroxylation sites is 1. The van der Waals surface area contributed by atoms with Crippen molar-refractivity contribution in [2.75, 3.05) is 0 Å². The monoisotopic (exact) mass is 372 g/mol. The Balaban J connectivity index is 1.82. The molecule has 4 aromatic rings. The average Bonchev–Trinajstić information content (AvgIpc) is 3.44. The van der Waals surface area contributed by atoms with Crippen LogP contribution in [0.15, 0.2) is 70.5 Å². The summed E-state index contributed by atoms with van der Waals surface area (Å²) < 4.78 is 4.85. The first-order valence-corrected chi connectivity index (χ1v) is 9.47. The Kier molecular flexibility index (Phi) is 3.79. The molecule has 6 heteroatoms. The molecule has 0 saturated heterocycles. The molecule has 2 aromatic heterocycles. The van der Waals surface area contributed by atoms with Crippen LogP contribution in [0, 0.1) is 6.92 Å². The molecule has 1 fully saturated rings. The Hall–Kier alpha value is -3.41. The zero-order chi connectivity index (χ0) is 19.3. The highest BCUT2D eigenvalue weighted by molar-refractivity contribution is 5.73. The van der Waals surface area contributed by atoms with Crippen molar-refractivity contribution in [1.29, 1.82) is 0 Å². The Morgan fingerprint density at radius 1 is 1.00 bits per heavy atom. The molecule has 0 atom stereocenters. The van der Waals surface area contributed by atoms with Crippen LogP contribution in [0.4, 0.5) is 0 Å². The normalized spacial score (nSPS) is 13.9. The maximum absolute atomic E-state index is 13.3. The summed E-state index contributed by atoms with van der Waals surface area (Å²) in [6.07, 6.45) is 3.38. The van der Waals surface area contributed by atoms with Crippen LogP contribution in [0.25, 0.3) is 16.9 Å². The fourth-order valence-corrected chi connectivity index (χ4v) is 3.74. The highest BCUT2D eigenvalue weighted by Gasteiger charge is 2.30. The van der Waals surface area contributed by atoms with Crippen LogP contribution in [-0.4, -0.2) is 18.7 Å². The molecule has 140 valence electrons. The maximum atomic E-state index is 13.3. The van der Waals surface area contributed by atoms with E-state index in [9.17, 15) is 9.59 Å². The van der Waals surface area contributed by atoms with Gasteiger partial charge in [-0.25, -0.2) is 14.3 Å². The predicted octanol–water partition coefficient (Wildman–Crippen LogP) is 3.04. The molecule has 0 N–H and O–H groups in total. The van der Waals surface area contributed by atoms with E-state index in [2.05, 4.69) is 4.98 Å². The van der Waals surface area contributed by atoms with E-state index in [0.717, 1.165) is 29.7 Å². The quantitative estimate of drug-likeness (QED) is 0.553. The molecule has 0 aliphatic heterocycles. The van der Waals surface area contributed by atoms with Crippen molar-refractivity contribution >= 4 is 11.2 Å². The van der Waals surface area contributed by atoms with Crippen LogP contribution in [0.3, 0.4) is 0 Å². The van der Waals surface area contributed by atoms with Crippen molar-refractivity contribution in [3.63, 3.8) is 0 Å². The molecule has 2 aromatic carbocycles. The van der Waals surface area contributed by atoms with Crippen LogP contribution in [0.5, 0.6) is 0 Å². The van der Waals surface area contributed by atoms with Gasteiger partial charge in [-0.1, -0.05) is 48.5 Å². The fraction of sp³-hybridized carbons (Fsp3) is 0.227. The number of aromatic nitrogens is 4. The minimum absolute atomic E-state index is 0.0141. The smallest absolute Gasteiger partial charge is 0.320 e. The lowest BCUT2D eigenvalue weighted by Gasteiger charge is -2.14. The van der Waals surface area contributed by atoms with E-state index in [1.165, 1.54) is 4.57 Å². The van der Waals surface area contributed by atoms with Gasteiger partial charge in [0.15, 0.2) is 11.2 Å². The Morgan fingerprint density at radius 3 is 2.43 bits per heavy atom. The topological polar surface area (TPSA) is 61.8 Å². The van der Waals surface area contributed by atoms with E-state index < -0.39 is 0 Å². The third-order valence-electron chi connectivity index (χ3n) is 5.31. The van der Waals surface area contributed by atoms with E-state index in [4.69, 9.17) is 0 Å². The molecule has 6 nitrogen and oxygen atoms in total. The van der Waals surface area contributed by atoms with Crippen molar-refractivity contribution in [2.24, 2.45) is 0 Å². The summed E-state index contributed by atoms with van der Waals surface area (Å²) in [6, 6.07) is 17.6. The van der Waals surface area contributed by atoms with E-state index >= 15 is 0 Å². The van der Waals surface area contributed by atoms with Gasteiger partial charge in [-0.05, 0) is 37.0 Å². The number of aryl methyl sites for hydroxylation is 1. The highest BCUT2D eigenvalue weighted by Crippen LogP contribution is 2.32. The maximum Gasteiger partial charge on any atom is 0.337 e. The van der Waals surface area contributed by atoms with Crippen LogP contribution in [0.1, 0.15) is 30.0 Å². The van der Waals surface area contributed by atoms with E-state index in [-0.39, 0.29) is 17.3 Å². The Bertz CT molecular complexity index is 1290. The summed E-state index contributed by atoms with van der Waals surface area (Å²) in [7, 11) is 0. The van der Waals surface area contributed by atoms with Gasteiger partial charge in [-0.2, -0.15) is 0 Å². The number of imidazole rings is 1. The summed E-state index contributed by atoms with van der Waals surface area (Å²) in [4.78, 5) is 31.0. The summed E-state index contributed by atoms with van der Waals surface area (Å²) in [6.45, 7) is 2.49. The summed E-state index contributed by atoms with van der Waals surface area (Å²) in [5.41, 5.74) is 3.13. The number of benzene rings is 2. The Labute approximate surface area is 161 Å². The minimum atomic E-state index is -0.306. The first-order chi connectivity index (χ1) is 13.6. The third kappa shape index (κ3) is 2.60. The molecule has 0 bridgehead atoms. The van der Waals surface area contributed by atoms with Gasteiger partial charge in [-0.15, -0.1) is 0 Å². The van der Waals surface area contributed by atoms with Crippen molar-refractivity contribution in [1.82, 2.24) is 18.7 Å². The predicted molar refractivity (Wildman–Crippen MR) is 108 cm³/mol. The van der Waals surface area contributed by atoms with Gasteiger partial charge in [0.2, 0.25) is 0 Å².